The molecule has 0 saturated carbocycles. The van der Waals surface area contributed by atoms with Gasteiger partial charge >= 0.3 is 0 Å². The van der Waals surface area contributed by atoms with Crippen LogP contribution in [0.1, 0.15) is 29.0 Å². The van der Waals surface area contributed by atoms with Crippen LogP contribution in [0, 0.1) is 0 Å². The third-order valence-corrected chi connectivity index (χ3v) is 5.99. The molecule has 0 aliphatic carbocycles. The Hall–Kier alpha value is -3.84. The number of fused-ring (bicyclic) bond motifs is 3. The first-order chi connectivity index (χ1) is 16.2. The maximum absolute atomic E-state index is 6.46. The fourth-order valence-electron chi connectivity index (χ4n) is 4.34. The number of hydrogen-bond donors (Lipinski definition) is 1. The topological polar surface area (TPSA) is 61.4 Å². The molecule has 33 heavy (non-hydrogen) atoms. The molecule has 2 aliphatic heterocycles. The Kier molecular flexibility index (Phi) is 5.48. The van der Waals surface area contributed by atoms with Gasteiger partial charge in [-0.15, -0.1) is 0 Å². The quantitative estimate of drug-likeness (QED) is 0.588. The van der Waals surface area contributed by atoms with Gasteiger partial charge < -0.3 is 29.1 Å². The van der Waals surface area contributed by atoms with Crippen LogP contribution >= 0.6 is 0 Å². The summed E-state index contributed by atoms with van der Waals surface area (Å²) in [6, 6.07) is 19.8. The molecule has 2 unspecified atom stereocenters. The van der Waals surface area contributed by atoms with Gasteiger partial charge in [0.1, 0.15) is 5.75 Å². The molecular weight excluding hydrogens is 420 g/mol. The van der Waals surface area contributed by atoms with Crippen LogP contribution in [0.5, 0.6) is 28.7 Å². The average molecular weight is 447 g/mol. The van der Waals surface area contributed by atoms with Crippen molar-refractivity contribution in [1.82, 2.24) is 10.4 Å². The first kappa shape index (κ1) is 21.0. The lowest BCUT2D eigenvalue weighted by Crippen LogP contribution is -2.43. The van der Waals surface area contributed by atoms with Crippen molar-refractivity contribution in [3.05, 3.63) is 83.4 Å². The normalized spacial score (nSPS) is 18.8. The fraction of sp³-hybridized carbons (Fsp3) is 0.231. The molecule has 2 heterocycles. The fourth-order valence-corrected chi connectivity index (χ4v) is 4.34. The number of rotatable bonds is 6. The molecule has 0 fully saturated rings. The molecule has 2 aliphatic rings. The van der Waals surface area contributed by atoms with E-state index in [2.05, 4.69) is 22.6 Å². The van der Waals surface area contributed by atoms with Gasteiger partial charge in [-0.05, 0) is 48.5 Å². The van der Waals surface area contributed by atoms with Crippen molar-refractivity contribution < 1.29 is 23.7 Å². The van der Waals surface area contributed by atoms with E-state index in [1.165, 1.54) is 0 Å². The molecule has 7 heteroatoms. The van der Waals surface area contributed by atoms with Crippen LogP contribution in [-0.2, 0) is 0 Å². The maximum Gasteiger partial charge on any atom is 0.196 e. The van der Waals surface area contributed by atoms with E-state index in [9.17, 15) is 0 Å². The number of nitrogens with zero attached hydrogens (tertiary/aromatic N) is 1. The van der Waals surface area contributed by atoms with Gasteiger partial charge in [0, 0.05) is 16.7 Å². The lowest BCUT2D eigenvalue weighted by Gasteiger charge is -2.39. The standard InChI is InChI=1S/C26H26N2O5/c1-29-22-11-9-16(13-24(22)31-3)19-15-20-18-7-5-6-8-21(18)33-26(28(20)27-19)17-10-12-23(30-2)25(14-17)32-4/h5-15,20,26-27H,1-4H3. The zero-order valence-electron chi connectivity index (χ0n) is 19.0. The molecule has 3 aromatic carbocycles. The minimum atomic E-state index is -0.376. The third kappa shape index (κ3) is 3.60. The lowest BCUT2D eigenvalue weighted by molar-refractivity contribution is -0.0327. The highest BCUT2D eigenvalue weighted by atomic mass is 16.5. The molecule has 0 aromatic heterocycles. The van der Waals surface area contributed by atoms with Gasteiger partial charge in [0.15, 0.2) is 29.2 Å². The predicted octanol–water partition coefficient (Wildman–Crippen LogP) is 4.71. The van der Waals surface area contributed by atoms with Crippen LogP contribution in [0.15, 0.2) is 66.7 Å². The van der Waals surface area contributed by atoms with Crippen molar-refractivity contribution in [1.29, 1.82) is 0 Å². The zero-order valence-corrected chi connectivity index (χ0v) is 19.0. The van der Waals surface area contributed by atoms with Crippen LogP contribution < -0.4 is 29.1 Å². The minimum Gasteiger partial charge on any atom is -0.493 e. The van der Waals surface area contributed by atoms with Crippen molar-refractivity contribution in [2.24, 2.45) is 0 Å². The van der Waals surface area contributed by atoms with Gasteiger partial charge in [-0.25, -0.2) is 0 Å². The summed E-state index contributed by atoms with van der Waals surface area (Å²) in [4.78, 5) is 0. The molecule has 0 radical (unpaired) electrons. The average Bonchev–Trinajstić information content (AvgIpc) is 3.33. The van der Waals surface area contributed by atoms with Crippen LogP contribution in [0.25, 0.3) is 5.70 Å². The summed E-state index contributed by atoms with van der Waals surface area (Å²) in [6.45, 7) is 0. The van der Waals surface area contributed by atoms with Crippen molar-refractivity contribution in [2.45, 2.75) is 12.3 Å². The molecule has 5 rings (SSSR count). The van der Waals surface area contributed by atoms with E-state index < -0.39 is 0 Å². The zero-order chi connectivity index (χ0) is 22.9. The predicted molar refractivity (Wildman–Crippen MR) is 125 cm³/mol. The second kappa shape index (κ2) is 8.60. The number of para-hydroxylation sites is 1. The van der Waals surface area contributed by atoms with Crippen LogP contribution in [-0.4, -0.2) is 33.4 Å². The van der Waals surface area contributed by atoms with Gasteiger partial charge in [0.05, 0.1) is 40.2 Å². The molecule has 7 nitrogen and oxygen atoms in total. The Morgan fingerprint density at radius 1 is 0.758 bits per heavy atom. The molecule has 0 spiro atoms. The highest BCUT2D eigenvalue weighted by molar-refractivity contribution is 5.70. The van der Waals surface area contributed by atoms with E-state index in [0.29, 0.717) is 23.0 Å². The molecular formula is C26H26N2O5. The highest BCUT2D eigenvalue weighted by Crippen LogP contribution is 2.47. The summed E-state index contributed by atoms with van der Waals surface area (Å²) < 4.78 is 28.3. The second-order valence-electron chi connectivity index (χ2n) is 7.74. The molecule has 0 amide bonds. The number of methoxy groups -OCH3 is 4. The van der Waals surface area contributed by atoms with Gasteiger partial charge in [0.25, 0.3) is 0 Å². The Labute approximate surface area is 193 Å². The molecule has 3 aromatic rings. The lowest BCUT2D eigenvalue weighted by atomic mass is 10.0. The summed E-state index contributed by atoms with van der Waals surface area (Å²) >= 11 is 0. The van der Waals surface area contributed by atoms with Crippen LogP contribution in [0.2, 0.25) is 0 Å². The maximum atomic E-state index is 6.46. The summed E-state index contributed by atoms with van der Waals surface area (Å²) in [6.07, 6.45) is 1.83. The second-order valence-corrected chi connectivity index (χ2v) is 7.74. The number of benzene rings is 3. The van der Waals surface area contributed by atoms with E-state index in [1.807, 2.05) is 54.6 Å². The van der Waals surface area contributed by atoms with Gasteiger partial charge in [-0.3, -0.25) is 0 Å². The Morgan fingerprint density at radius 2 is 1.42 bits per heavy atom. The molecule has 170 valence electrons. The summed E-state index contributed by atoms with van der Waals surface area (Å²) in [5.41, 5.74) is 7.55. The largest absolute Gasteiger partial charge is 0.493 e. The monoisotopic (exact) mass is 446 g/mol. The van der Waals surface area contributed by atoms with Crippen molar-refractivity contribution in [3.8, 4) is 28.7 Å². The van der Waals surface area contributed by atoms with Gasteiger partial charge in [-0.1, -0.05) is 18.2 Å². The van der Waals surface area contributed by atoms with Gasteiger partial charge in [0.2, 0.25) is 0 Å². The Balaban J connectivity index is 1.55. The molecule has 0 bridgehead atoms. The van der Waals surface area contributed by atoms with E-state index in [4.69, 9.17) is 23.7 Å². The first-order valence-electron chi connectivity index (χ1n) is 10.6. The minimum absolute atomic E-state index is 0.0175. The van der Waals surface area contributed by atoms with Crippen molar-refractivity contribution in [3.63, 3.8) is 0 Å². The number of hydrogen-bond acceptors (Lipinski definition) is 7. The summed E-state index contributed by atoms with van der Waals surface area (Å²) in [7, 11) is 6.53. The first-order valence-corrected chi connectivity index (χ1v) is 10.6. The smallest absolute Gasteiger partial charge is 0.196 e. The molecule has 2 atom stereocenters. The van der Waals surface area contributed by atoms with E-state index >= 15 is 0 Å². The Bertz CT molecular complexity index is 1210. The summed E-state index contributed by atoms with van der Waals surface area (Å²) in [5.74, 6) is 3.55. The third-order valence-electron chi connectivity index (χ3n) is 5.99. The highest BCUT2D eigenvalue weighted by Gasteiger charge is 2.40. The number of hydrazine groups is 1. The SMILES string of the molecule is COc1ccc(C2=CC3c4ccccc4OC(c4ccc(OC)c(OC)c4)N3N2)cc1OC. The van der Waals surface area contributed by atoms with Crippen LogP contribution in [0.3, 0.4) is 0 Å². The van der Waals surface area contributed by atoms with E-state index in [1.54, 1.807) is 28.4 Å². The Morgan fingerprint density at radius 3 is 2.15 bits per heavy atom. The number of nitrogens with one attached hydrogen (secondary N) is 1. The van der Waals surface area contributed by atoms with Crippen molar-refractivity contribution in [2.75, 3.05) is 28.4 Å². The molecule has 0 saturated heterocycles. The van der Waals surface area contributed by atoms with E-state index in [0.717, 1.165) is 28.1 Å². The van der Waals surface area contributed by atoms with E-state index in [-0.39, 0.29) is 12.3 Å². The number of ether oxygens (including phenoxy) is 5. The van der Waals surface area contributed by atoms with Crippen molar-refractivity contribution >= 4 is 5.70 Å². The molecule has 1 N–H and O–H groups in total. The van der Waals surface area contributed by atoms with Gasteiger partial charge in [-0.2, -0.15) is 5.01 Å². The summed E-state index contributed by atoms with van der Waals surface area (Å²) in [5, 5.41) is 2.11. The van der Waals surface area contributed by atoms with Crippen LogP contribution in [0.4, 0.5) is 0 Å².